The van der Waals surface area contributed by atoms with E-state index in [1.165, 1.54) is 12.1 Å². The van der Waals surface area contributed by atoms with Gasteiger partial charge in [-0.25, -0.2) is 0 Å². The highest BCUT2D eigenvalue weighted by Crippen LogP contribution is 2.38. The summed E-state index contributed by atoms with van der Waals surface area (Å²) in [7, 11) is 0. The highest BCUT2D eigenvalue weighted by Gasteiger charge is 2.19. The molecule has 0 saturated heterocycles. The van der Waals surface area contributed by atoms with E-state index < -0.39 is 12.2 Å². The number of aromatic amines is 1. The molecule has 0 fully saturated rings. The molecule has 21 heavy (non-hydrogen) atoms. The average Bonchev–Trinajstić information content (AvgIpc) is 2.37. The van der Waals surface area contributed by atoms with Crippen LogP contribution in [0.1, 0.15) is 11.3 Å². The van der Waals surface area contributed by atoms with Crippen molar-refractivity contribution < 1.29 is 13.5 Å². The zero-order valence-electron chi connectivity index (χ0n) is 10.8. The van der Waals surface area contributed by atoms with Gasteiger partial charge in [0.25, 0.3) is 5.56 Å². The molecule has 0 aliphatic carbocycles. The molecule has 4 nitrogen and oxygen atoms in total. The molecule has 0 aliphatic rings. The van der Waals surface area contributed by atoms with E-state index in [1.807, 2.05) is 0 Å². The Labute approximate surface area is 127 Å². The fourth-order valence-corrected chi connectivity index (χ4v) is 2.52. The van der Waals surface area contributed by atoms with Gasteiger partial charge in [-0.1, -0.05) is 22.0 Å². The Morgan fingerprint density at radius 3 is 2.76 bits per heavy atom. The molecule has 7 heteroatoms. The first kappa shape index (κ1) is 15.2. The second-order valence-electron chi connectivity index (χ2n) is 4.17. The summed E-state index contributed by atoms with van der Waals surface area (Å²) in [6.45, 7) is -1.37. The molecule has 108 valence electrons. The number of halogens is 3. The lowest BCUT2D eigenvalue weighted by atomic mass is 10.00. The van der Waals surface area contributed by atoms with E-state index in [2.05, 4.69) is 25.7 Å². The van der Waals surface area contributed by atoms with E-state index in [0.29, 0.717) is 10.2 Å². The van der Waals surface area contributed by atoms with Gasteiger partial charge in [0, 0.05) is 21.3 Å². The summed E-state index contributed by atoms with van der Waals surface area (Å²) in [6.07, 6.45) is 0. The third-order valence-corrected chi connectivity index (χ3v) is 3.40. The van der Waals surface area contributed by atoms with Crippen LogP contribution < -0.4 is 10.3 Å². The van der Waals surface area contributed by atoms with Crippen LogP contribution in [0.5, 0.6) is 5.75 Å². The SMILES string of the molecule is Cc1cc(-c2c(Br)cccc2OC(F)F)c(C#N)c(=O)[nH]1. The predicted molar refractivity (Wildman–Crippen MR) is 76.3 cm³/mol. The number of nitrogens with one attached hydrogen (secondary N) is 1. The number of ether oxygens (including phenoxy) is 1. The van der Waals surface area contributed by atoms with Crippen molar-refractivity contribution >= 4 is 15.9 Å². The highest BCUT2D eigenvalue weighted by molar-refractivity contribution is 9.10. The van der Waals surface area contributed by atoms with Crippen molar-refractivity contribution in [2.45, 2.75) is 13.5 Å². The molecule has 1 heterocycles. The van der Waals surface area contributed by atoms with Crippen LogP contribution in [0.4, 0.5) is 8.78 Å². The molecule has 2 rings (SSSR count). The van der Waals surface area contributed by atoms with Crippen molar-refractivity contribution in [3.63, 3.8) is 0 Å². The first-order valence-electron chi connectivity index (χ1n) is 5.81. The zero-order chi connectivity index (χ0) is 15.6. The molecule has 0 saturated carbocycles. The maximum absolute atomic E-state index is 12.5. The number of aryl methyl sites for hydroxylation is 1. The van der Waals surface area contributed by atoms with Gasteiger partial charge < -0.3 is 9.72 Å². The van der Waals surface area contributed by atoms with Crippen LogP contribution in [0.25, 0.3) is 11.1 Å². The van der Waals surface area contributed by atoms with Crippen LogP contribution >= 0.6 is 15.9 Å². The quantitative estimate of drug-likeness (QED) is 0.915. The molecular formula is C14H9BrF2N2O2. The third-order valence-electron chi connectivity index (χ3n) is 2.74. The lowest BCUT2D eigenvalue weighted by Crippen LogP contribution is -2.13. The summed E-state index contributed by atoms with van der Waals surface area (Å²) in [4.78, 5) is 14.3. The Kier molecular flexibility index (Phi) is 4.38. The van der Waals surface area contributed by atoms with Gasteiger partial charge in [-0.2, -0.15) is 14.0 Å². The summed E-state index contributed by atoms with van der Waals surface area (Å²) >= 11 is 3.24. The van der Waals surface area contributed by atoms with E-state index >= 15 is 0 Å². The number of hydrogen-bond donors (Lipinski definition) is 1. The number of nitriles is 1. The smallest absolute Gasteiger partial charge is 0.387 e. The summed E-state index contributed by atoms with van der Waals surface area (Å²) < 4.78 is 30.0. The fourth-order valence-electron chi connectivity index (χ4n) is 1.96. The Balaban J connectivity index is 2.79. The van der Waals surface area contributed by atoms with Crippen LogP contribution in [-0.4, -0.2) is 11.6 Å². The Bertz CT molecular complexity index is 782. The van der Waals surface area contributed by atoms with Crippen molar-refractivity contribution in [2.75, 3.05) is 0 Å². The van der Waals surface area contributed by atoms with E-state index in [4.69, 9.17) is 5.26 Å². The van der Waals surface area contributed by atoms with Crippen molar-refractivity contribution in [1.82, 2.24) is 4.98 Å². The third kappa shape index (κ3) is 3.11. The van der Waals surface area contributed by atoms with Crippen LogP contribution in [-0.2, 0) is 0 Å². The monoisotopic (exact) mass is 354 g/mol. The number of rotatable bonds is 3. The maximum Gasteiger partial charge on any atom is 0.387 e. The first-order valence-corrected chi connectivity index (χ1v) is 6.61. The summed E-state index contributed by atoms with van der Waals surface area (Å²) in [5, 5.41) is 9.14. The molecule has 0 bridgehead atoms. The predicted octanol–water partition coefficient (Wildman–Crippen LogP) is 3.59. The Morgan fingerprint density at radius 2 is 2.14 bits per heavy atom. The van der Waals surface area contributed by atoms with E-state index in [9.17, 15) is 13.6 Å². The van der Waals surface area contributed by atoms with E-state index in [-0.39, 0.29) is 22.4 Å². The topological polar surface area (TPSA) is 65.9 Å². The second kappa shape index (κ2) is 6.06. The highest BCUT2D eigenvalue weighted by atomic mass is 79.9. The number of nitrogens with zero attached hydrogens (tertiary/aromatic N) is 1. The first-order chi connectivity index (χ1) is 9.93. The summed E-state index contributed by atoms with van der Waals surface area (Å²) in [5.41, 5.74) is 0.246. The molecule has 0 aliphatic heterocycles. The molecule has 0 spiro atoms. The number of aromatic nitrogens is 1. The molecule has 1 aromatic carbocycles. The van der Waals surface area contributed by atoms with Crippen molar-refractivity contribution in [2.24, 2.45) is 0 Å². The van der Waals surface area contributed by atoms with Gasteiger partial charge in [-0.3, -0.25) is 4.79 Å². The van der Waals surface area contributed by atoms with Gasteiger partial charge in [-0.05, 0) is 25.1 Å². The second-order valence-corrected chi connectivity index (χ2v) is 5.03. The number of pyridine rings is 1. The summed E-state index contributed by atoms with van der Waals surface area (Å²) in [6, 6.07) is 7.82. The van der Waals surface area contributed by atoms with Gasteiger partial charge in [0.1, 0.15) is 17.4 Å². The van der Waals surface area contributed by atoms with Crippen LogP contribution in [0.3, 0.4) is 0 Å². The molecule has 1 aromatic heterocycles. The van der Waals surface area contributed by atoms with Crippen molar-refractivity contribution in [3.05, 3.63) is 50.3 Å². The number of alkyl halides is 2. The standard InChI is InChI=1S/C14H9BrF2N2O2/c1-7-5-8(9(6-18)13(20)19-7)12-10(15)3-2-4-11(12)21-14(16)17/h2-5,14H,1H3,(H,19,20). The number of benzene rings is 1. The lowest BCUT2D eigenvalue weighted by Gasteiger charge is -2.14. The molecule has 0 amide bonds. The Morgan fingerprint density at radius 1 is 1.43 bits per heavy atom. The lowest BCUT2D eigenvalue weighted by molar-refractivity contribution is -0.0494. The molecule has 2 aromatic rings. The van der Waals surface area contributed by atoms with Crippen LogP contribution in [0.2, 0.25) is 0 Å². The minimum atomic E-state index is -3.01. The molecule has 1 N–H and O–H groups in total. The number of H-pyrrole nitrogens is 1. The number of hydrogen-bond acceptors (Lipinski definition) is 3. The van der Waals surface area contributed by atoms with Gasteiger partial charge >= 0.3 is 6.61 Å². The zero-order valence-corrected chi connectivity index (χ0v) is 12.4. The van der Waals surface area contributed by atoms with Gasteiger partial charge in [0.15, 0.2) is 0 Å². The minimum Gasteiger partial charge on any atom is -0.434 e. The van der Waals surface area contributed by atoms with E-state index in [0.717, 1.165) is 0 Å². The van der Waals surface area contributed by atoms with Crippen molar-refractivity contribution in [3.8, 4) is 22.9 Å². The van der Waals surface area contributed by atoms with Crippen LogP contribution in [0, 0.1) is 18.3 Å². The fraction of sp³-hybridized carbons (Fsp3) is 0.143. The minimum absolute atomic E-state index is 0.110. The van der Waals surface area contributed by atoms with Gasteiger partial charge in [0.05, 0.1) is 0 Å². The molecular weight excluding hydrogens is 346 g/mol. The van der Waals surface area contributed by atoms with Crippen molar-refractivity contribution in [1.29, 1.82) is 5.26 Å². The molecule has 0 radical (unpaired) electrons. The normalized spacial score (nSPS) is 10.5. The van der Waals surface area contributed by atoms with Crippen LogP contribution in [0.15, 0.2) is 33.5 Å². The van der Waals surface area contributed by atoms with Gasteiger partial charge in [0.2, 0.25) is 0 Å². The molecule has 0 unspecified atom stereocenters. The molecule has 0 atom stereocenters. The van der Waals surface area contributed by atoms with Gasteiger partial charge in [-0.15, -0.1) is 0 Å². The largest absolute Gasteiger partial charge is 0.434 e. The average molecular weight is 355 g/mol. The Hall–Kier alpha value is -2.20. The summed E-state index contributed by atoms with van der Waals surface area (Å²) in [5.74, 6) is -0.110. The maximum atomic E-state index is 12.5. The van der Waals surface area contributed by atoms with E-state index in [1.54, 1.807) is 25.1 Å².